The van der Waals surface area contributed by atoms with Gasteiger partial charge in [-0.2, -0.15) is 5.10 Å². The maximum Gasteiger partial charge on any atom is 0.341 e. The van der Waals surface area contributed by atoms with Crippen molar-refractivity contribution >= 4 is 22.7 Å². The zero-order valence-corrected chi connectivity index (χ0v) is 10.7. The summed E-state index contributed by atoms with van der Waals surface area (Å²) in [6.07, 6.45) is 3.23. The van der Waals surface area contributed by atoms with E-state index >= 15 is 0 Å². The molecule has 0 atom stereocenters. The summed E-state index contributed by atoms with van der Waals surface area (Å²) in [6.45, 7) is 4.80. The lowest BCUT2D eigenvalue weighted by Gasteiger charge is -2.10. The van der Waals surface area contributed by atoms with Crippen LogP contribution in [-0.4, -0.2) is 33.9 Å². The second kappa shape index (κ2) is 5.03. The van der Waals surface area contributed by atoms with Gasteiger partial charge >= 0.3 is 5.97 Å². The van der Waals surface area contributed by atoms with E-state index in [0.29, 0.717) is 18.7 Å². The number of ether oxygens (including phenoxy) is 1. The first kappa shape index (κ1) is 12.3. The summed E-state index contributed by atoms with van der Waals surface area (Å²) in [7, 11) is 1.81. The minimum atomic E-state index is -0.369. The molecule has 0 bridgehead atoms. The van der Waals surface area contributed by atoms with Gasteiger partial charge in [0.2, 0.25) is 0 Å². The normalized spacial score (nSPS) is 10.6. The maximum atomic E-state index is 11.9. The van der Waals surface area contributed by atoms with Crippen LogP contribution in [0.2, 0.25) is 0 Å². The van der Waals surface area contributed by atoms with Crippen LogP contribution < -0.4 is 5.32 Å². The Labute approximate surface area is 105 Å². The number of fused-ring (bicyclic) bond motifs is 1. The van der Waals surface area contributed by atoms with E-state index in [1.54, 1.807) is 17.8 Å². The Morgan fingerprint density at radius 3 is 2.89 bits per heavy atom. The molecule has 18 heavy (non-hydrogen) atoms. The molecule has 0 amide bonds. The quantitative estimate of drug-likeness (QED) is 0.832. The molecule has 2 heterocycles. The van der Waals surface area contributed by atoms with E-state index in [-0.39, 0.29) is 5.97 Å². The monoisotopic (exact) mass is 248 g/mol. The molecule has 0 radical (unpaired) electrons. The van der Waals surface area contributed by atoms with Crippen LogP contribution in [0.4, 0.5) is 5.69 Å². The number of hydrogen-bond acceptors (Lipinski definition) is 5. The van der Waals surface area contributed by atoms with Crippen molar-refractivity contribution in [1.82, 2.24) is 14.8 Å². The van der Waals surface area contributed by atoms with E-state index in [0.717, 1.165) is 16.7 Å². The van der Waals surface area contributed by atoms with Crippen molar-refractivity contribution in [3.8, 4) is 0 Å². The van der Waals surface area contributed by atoms with Gasteiger partial charge < -0.3 is 10.1 Å². The highest BCUT2D eigenvalue weighted by atomic mass is 16.5. The highest BCUT2D eigenvalue weighted by molar-refractivity contribution is 6.04. The Hall–Kier alpha value is -2.11. The van der Waals surface area contributed by atoms with Gasteiger partial charge in [-0.3, -0.25) is 4.68 Å². The number of nitrogens with zero attached hydrogens (tertiary/aromatic N) is 3. The van der Waals surface area contributed by atoms with Crippen LogP contribution in [-0.2, 0) is 11.8 Å². The molecule has 0 fully saturated rings. The third kappa shape index (κ3) is 2.01. The summed E-state index contributed by atoms with van der Waals surface area (Å²) in [5, 5.41) is 8.15. The third-order valence-corrected chi connectivity index (χ3v) is 2.61. The molecule has 0 spiro atoms. The third-order valence-electron chi connectivity index (χ3n) is 2.61. The fraction of sp³-hybridized carbons (Fsp3) is 0.417. The molecule has 1 N–H and O–H groups in total. The molecule has 0 saturated carbocycles. The number of anilines is 1. The molecule has 0 saturated heterocycles. The molecule has 2 aromatic rings. The summed E-state index contributed by atoms with van der Waals surface area (Å²) in [5.74, 6) is -0.369. The predicted molar refractivity (Wildman–Crippen MR) is 68.6 cm³/mol. The molecule has 6 nitrogen and oxygen atoms in total. The standard InChI is InChI=1S/C12H16N4O2/c1-4-13-10-8-7-15-16(3)11(8)14-6-9(10)12(17)18-5-2/h6-7H,4-5H2,1-3H3,(H,13,14). The van der Waals surface area contributed by atoms with Gasteiger partial charge in [0, 0.05) is 19.8 Å². The lowest BCUT2D eigenvalue weighted by molar-refractivity contribution is 0.0527. The molecular weight excluding hydrogens is 232 g/mol. The Morgan fingerprint density at radius 1 is 1.44 bits per heavy atom. The minimum Gasteiger partial charge on any atom is -0.462 e. The Balaban J connectivity index is 2.58. The molecular formula is C12H16N4O2. The Bertz CT molecular complexity index is 577. The first-order valence-electron chi connectivity index (χ1n) is 5.90. The van der Waals surface area contributed by atoms with Gasteiger partial charge in [-0.05, 0) is 13.8 Å². The first-order chi connectivity index (χ1) is 8.69. The fourth-order valence-electron chi connectivity index (χ4n) is 1.83. The molecule has 0 aromatic carbocycles. The summed E-state index contributed by atoms with van der Waals surface area (Å²) < 4.78 is 6.70. The first-order valence-corrected chi connectivity index (χ1v) is 5.90. The van der Waals surface area contributed by atoms with Gasteiger partial charge in [-0.15, -0.1) is 0 Å². The maximum absolute atomic E-state index is 11.9. The van der Waals surface area contributed by atoms with Crippen LogP contribution in [0, 0.1) is 0 Å². The molecule has 0 aliphatic heterocycles. The molecule has 0 aliphatic rings. The highest BCUT2D eigenvalue weighted by Crippen LogP contribution is 2.25. The van der Waals surface area contributed by atoms with E-state index in [4.69, 9.17) is 4.74 Å². The minimum absolute atomic E-state index is 0.343. The van der Waals surface area contributed by atoms with Gasteiger partial charge in [0.1, 0.15) is 5.56 Å². The van der Waals surface area contributed by atoms with E-state index in [1.165, 1.54) is 6.20 Å². The zero-order valence-electron chi connectivity index (χ0n) is 10.7. The van der Waals surface area contributed by atoms with E-state index in [1.807, 2.05) is 14.0 Å². The summed E-state index contributed by atoms with van der Waals surface area (Å²) >= 11 is 0. The van der Waals surface area contributed by atoms with Crippen molar-refractivity contribution < 1.29 is 9.53 Å². The lowest BCUT2D eigenvalue weighted by Crippen LogP contribution is -2.11. The second-order valence-electron chi connectivity index (χ2n) is 3.80. The van der Waals surface area contributed by atoms with Crippen molar-refractivity contribution in [2.75, 3.05) is 18.5 Å². The number of aromatic nitrogens is 3. The van der Waals surface area contributed by atoms with Gasteiger partial charge in [0.25, 0.3) is 0 Å². The number of pyridine rings is 1. The lowest BCUT2D eigenvalue weighted by atomic mass is 10.2. The predicted octanol–water partition coefficient (Wildman–Crippen LogP) is 1.58. The van der Waals surface area contributed by atoms with Gasteiger partial charge in [0.05, 0.1) is 23.9 Å². The summed E-state index contributed by atoms with van der Waals surface area (Å²) in [4.78, 5) is 16.1. The number of hydrogen-bond donors (Lipinski definition) is 1. The van der Waals surface area contributed by atoms with Gasteiger partial charge in [-0.1, -0.05) is 0 Å². The SMILES string of the molecule is CCNc1c(C(=O)OCC)cnc2c1cnn2C. The van der Waals surface area contributed by atoms with E-state index in [9.17, 15) is 4.79 Å². The van der Waals surface area contributed by atoms with E-state index in [2.05, 4.69) is 15.4 Å². The van der Waals surface area contributed by atoms with Crippen LogP contribution in [0.3, 0.4) is 0 Å². The Kier molecular flexibility index (Phi) is 3.45. The highest BCUT2D eigenvalue weighted by Gasteiger charge is 2.17. The van der Waals surface area contributed by atoms with Crippen LogP contribution in [0.5, 0.6) is 0 Å². The van der Waals surface area contributed by atoms with Crippen molar-refractivity contribution in [3.63, 3.8) is 0 Å². The number of carbonyl (C=O) groups is 1. The number of aryl methyl sites for hydroxylation is 1. The van der Waals surface area contributed by atoms with Crippen molar-refractivity contribution in [1.29, 1.82) is 0 Å². The smallest absolute Gasteiger partial charge is 0.341 e. The fourth-order valence-corrected chi connectivity index (χ4v) is 1.83. The van der Waals surface area contributed by atoms with Crippen molar-refractivity contribution in [3.05, 3.63) is 18.0 Å². The molecule has 6 heteroatoms. The second-order valence-corrected chi connectivity index (χ2v) is 3.80. The van der Waals surface area contributed by atoms with Crippen LogP contribution in [0.15, 0.2) is 12.4 Å². The van der Waals surface area contributed by atoms with Gasteiger partial charge in [0.15, 0.2) is 5.65 Å². The van der Waals surface area contributed by atoms with Crippen LogP contribution in [0.25, 0.3) is 11.0 Å². The number of carbonyl (C=O) groups excluding carboxylic acids is 1. The molecule has 0 aliphatic carbocycles. The largest absolute Gasteiger partial charge is 0.462 e. The molecule has 2 rings (SSSR count). The van der Waals surface area contributed by atoms with Crippen LogP contribution >= 0.6 is 0 Å². The molecule has 2 aromatic heterocycles. The average Bonchev–Trinajstić information content (AvgIpc) is 2.73. The molecule has 0 unspecified atom stereocenters. The van der Waals surface area contributed by atoms with Crippen LogP contribution in [0.1, 0.15) is 24.2 Å². The topological polar surface area (TPSA) is 69.0 Å². The zero-order chi connectivity index (χ0) is 13.1. The summed E-state index contributed by atoms with van der Waals surface area (Å²) in [6, 6.07) is 0. The summed E-state index contributed by atoms with van der Waals surface area (Å²) in [5.41, 5.74) is 1.91. The van der Waals surface area contributed by atoms with Crippen molar-refractivity contribution in [2.45, 2.75) is 13.8 Å². The molecule has 96 valence electrons. The van der Waals surface area contributed by atoms with E-state index < -0.39 is 0 Å². The van der Waals surface area contributed by atoms with Gasteiger partial charge in [-0.25, -0.2) is 9.78 Å². The number of rotatable bonds is 4. The number of nitrogens with one attached hydrogen (secondary N) is 1. The number of esters is 1. The average molecular weight is 248 g/mol. The van der Waals surface area contributed by atoms with Crippen molar-refractivity contribution in [2.24, 2.45) is 7.05 Å². The Morgan fingerprint density at radius 2 is 2.22 bits per heavy atom.